The average Bonchev–Trinajstić information content (AvgIpc) is 3.00. The van der Waals surface area contributed by atoms with E-state index in [9.17, 15) is 39.6 Å². The molecule has 14 heteroatoms. The van der Waals surface area contributed by atoms with Crippen molar-refractivity contribution in [2.24, 2.45) is 0 Å². The summed E-state index contributed by atoms with van der Waals surface area (Å²) in [6.07, 6.45) is 0.350. The third kappa shape index (κ3) is 8.56. The molecule has 47 heavy (non-hydrogen) atoms. The molecule has 0 unspecified atom stereocenters. The Morgan fingerprint density at radius 1 is 0.872 bits per heavy atom. The van der Waals surface area contributed by atoms with E-state index >= 15 is 0 Å². The number of para-hydroxylation sites is 1. The van der Waals surface area contributed by atoms with Gasteiger partial charge in [-0.3, -0.25) is 4.79 Å². The summed E-state index contributed by atoms with van der Waals surface area (Å²) < 4.78 is 10.3. The molecule has 0 aromatic heterocycles. The fourth-order valence-electron chi connectivity index (χ4n) is 4.39. The van der Waals surface area contributed by atoms with Crippen LogP contribution in [0.2, 0.25) is 10.0 Å². The summed E-state index contributed by atoms with van der Waals surface area (Å²) in [7, 11) is 1.31. The first-order chi connectivity index (χ1) is 21.6. The number of ether oxygens (including phenoxy) is 2. The number of methoxy groups -OCH3 is 1. The molecule has 0 aliphatic rings. The number of hydrogen-bond acceptors (Lipinski definition) is 10. The minimum Gasteiger partial charge on any atom is -0.545 e. The van der Waals surface area contributed by atoms with Gasteiger partial charge in [0.15, 0.2) is 6.29 Å². The van der Waals surface area contributed by atoms with E-state index in [0.29, 0.717) is 33.3 Å². The maximum Gasteiger partial charge on any atom is 1.00 e. The van der Waals surface area contributed by atoms with Gasteiger partial charge in [0.05, 0.1) is 34.4 Å². The first-order valence-corrected chi connectivity index (χ1v) is 14.1. The zero-order valence-corrected chi connectivity index (χ0v) is 29.7. The molecule has 0 bridgehead atoms. The van der Waals surface area contributed by atoms with Crippen LogP contribution in [0.15, 0.2) is 48.5 Å². The van der Waals surface area contributed by atoms with Crippen LogP contribution in [0, 0.1) is 27.7 Å². The molecule has 0 heterocycles. The second kappa shape index (κ2) is 16.5. The minimum atomic E-state index is -1.38. The Bertz CT molecular complexity index is 1880. The van der Waals surface area contributed by atoms with Crippen molar-refractivity contribution in [1.29, 1.82) is 0 Å². The Hall–Kier alpha value is -4.26. The smallest absolute Gasteiger partial charge is 0.545 e. The molecule has 11 nitrogen and oxygen atoms in total. The Morgan fingerprint density at radius 2 is 1.49 bits per heavy atom. The summed E-state index contributed by atoms with van der Waals surface area (Å²) in [5.41, 5.74) is 1.46. The third-order valence-electron chi connectivity index (χ3n) is 6.85. The van der Waals surface area contributed by atoms with E-state index < -0.39 is 29.4 Å². The predicted octanol–water partition coefficient (Wildman–Crippen LogP) is 3.17. The molecule has 0 spiro atoms. The summed E-state index contributed by atoms with van der Waals surface area (Å²) in [4.78, 5) is 46.2. The molecule has 4 aromatic carbocycles. The van der Waals surface area contributed by atoms with Crippen LogP contribution in [-0.2, 0) is 0 Å². The fraction of sp³-hybridized carbons (Fsp3) is 0.152. The van der Waals surface area contributed by atoms with Gasteiger partial charge in [0.2, 0.25) is 0 Å². The van der Waals surface area contributed by atoms with Gasteiger partial charge < -0.3 is 40.0 Å². The predicted molar refractivity (Wildman–Crippen MR) is 170 cm³/mol. The van der Waals surface area contributed by atoms with Gasteiger partial charge in [-0.05, 0) is 68.7 Å². The van der Waals surface area contributed by atoms with Crippen LogP contribution in [0.5, 0.6) is 23.0 Å². The van der Waals surface area contributed by atoms with Gasteiger partial charge in [-0.1, -0.05) is 47.5 Å². The Balaban J connectivity index is 0.000000338. The van der Waals surface area contributed by atoms with Gasteiger partial charge in [-0.2, -0.15) is 0 Å². The van der Waals surface area contributed by atoms with Gasteiger partial charge in [-0.15, -0.1) is 0 Å². The number of esters is 1. The van der Waals surface area contributed by atoms with Crippen molar-refractivity contribution in [3.8, 4) is 23.0 Å². The van der Waals surface area contributed by atoms with Crippen LogP contribution in [0.4, 0.5) is 11.4 Å². The molecule has 0 radical (unpaired) electrons. The molecule has 0 aliphatic carbocycles. The number of hydrogen-bond donors (Lipinski definition) is 4. The van der Waals surface area contributed by atoms with Crippen molar-refractivity contribution in [2.75, 3.05) is 12.4 Å². The van der Waals surface area contributed by atoms with Crippen molar-refractivity contribution >= 4 is 58.8 Å². The average molecular weight is 692 g/mol. The normalized spacial score (nSPS) is 10.1. The number of anilines is 2. The van der Waals surface area contributed by atoms with Crippen molar-refractivity contribution < 1.29 is 78.6 Å². The van der Waals surface area contributed by atoms with Crippen LogP contribution >= 0.6 is 23.2 Å². The van der Waals surface area contributed by atoms with Crippen LogP contribution < -0.4 is 49.5 Å². The van der Waals surface area contributed by atoms with Crippen LogP contribution in [0.1, 0.15) is 63.7 Å². The number of nitrogens with one attached hydrogen (secondary N) is 1. The maximum atomic E-state index is 12.6. The Kier molecular flexibility index (Phi) is 13.7. The summed E-state index contributed by atoms with van der Waals surface area (Å²) >= 11 is 12.2. The van der Waals surface area contributed by atoms with Crippen LogP contribution in [0.25, 0.3) is 0 Å². The first kappa shape index (κ1) is 38.9. The number of benzene rings is 4. The quantitative estimate of drug-likeness (QED) is 0.0922. The number of aromatic carboxylic acids is 2. The number of carboxylic acids is 2. The van der Waals surface area contributed by atoms with Crippen LogP contribution in [0.3, 0.4) is 0 Å². The molecule has 4 rings (SSSR count). The van der Waals surface area contributed by atoms with Gasteiger partial charge in [0.25, 0.3) is 0 Å². The van der Waals surface area contributed by atoms with E-state index in [4.69, 9.17) is 32.7 Å². The number of halogens is 2. The Morgan fingerprint density at radius 3 is 2.06 bits per heavy atom. The number of aldehydes is 1. The number of aryl methyl sites for hydroxylation is 3. The summed E-state index contributed by atoms with van der Waals surface area (Å²) in [6, 6.07) is 12.6. The van der Waals surface area contributed by atoms with Gasteiger partial charge in [0.1, 0.15) is 34.1 Å². The van der Waals surface area contributed by atoms with Gasteiger partial charge >= 0.3 is 41.5 Å². The third-order valence-corrected chi connectivity index (χ3v) is 7.65. The molecule has 4 N–H and O–H groups in total. The molecular formula is C33H28Cl2NNaO10. The monoisotopic (exact) mass is 691 g/mol. The maximum absolute atomic E-state index is 12.6. The molecular weight excluding hydrogens is 664 g/mol. The van der Waals surface area contributed by atoms with E-state index in [1.54, 1.807) is 30.3 Å². The Labute approximate surface area is 302 Å². The summed E-state index contributed by atoms with van der Waals surface area (Å²) in [6.45, 7) is 6.20. The second-order valence-corrected chi connectivity index (χ2v) is 10.7. The molecule has 0 amide bonds. The summed E-state index contributed by atoms with van der Waals surface area (Å²) in [5, 5.41) is 44.3. The first-order valence-electron chi connectivity index (χ1n) is 13.3. The topological polar surface area (TPSA) is 183 Å². The van der Waals surface area contributed by atoms with Crippen molar-refractivity contribution in [3.05, 3.63) is 103 Å². The number of phenols is 2. The molecule has 0 fully saturated rings. The van der Waals surface area contributed by atoms with E-state index in [-0.39, 0.29) is 74.4 Å². The number of phenolic OH excluding ortho intramolecular Hbond substituents is 1. The van der Waals surface area contributed by atoms with E-state index in [2.05, 4.69) is 5.32 Å². The van der Waals surface area contributed by atoms with Crippen LogP contribution in [-0.4, -0.2) is 46.6 Å². The molecule has 0 saturated carbocycles. The molecule has 0 saturated heterocycles. The molecule has 240 valence electrons. The number of rotatable bonds is 8. The number of aromatic hydroxyl groups is 2. The van der Waals surface area contributed by atoms with Crippen molar-refractivity contribution in [1.82, 2.24) is 0 Å². The summed E-state index contributed by atoms with van der Waals surface area (Å²) in [5.74, 6) is -4.64. The van der Waals surface area contributed by atoms with E-state index in [1.165, 1.54) is 46.1 Å². The second-order valence-electron chi connectivity index (χ2n) is 9.90. The SMILES string of the molecule is COc1cc(C)c(C(=O)Oc2cc(C)c(O)c(C(=O)O)c2C)c(O)c1C=O.Cc1ccc(Cl)c(Nc2ccccc2C(=O)[O-])c1Cl.[Na+]. The fourth-order valence-corrected chi connectivity index (χ4v) is 4.86. The molecule has 0 atom stereocenters. The largest absolute Gasteiger partial charge is 1.00 e. The minimum absolute atomic E-state index is 0. The zero-order chi connectivity index (χ0) is 34.5. The zero-order valence-electron chi connectivity index (χ0n) is 26.2. The van der Waals surface area contributed by atoms with E-state index in [0.717, 1.165) is 5.56 Å². The van der Waals surface area contributed by atoms with Crippen molar-refractivity contribution in [2.45, 2.75) is 27.7 Å². The van der Waals surface area contributed by atoms with Gasteiger partial charge in [-0.25, -0.2) is 9.59 Å². The number of carbonyl (C=O) groups excluding carboxylic acids is 3. The number of carbonyl (C=O) groups is 4. The van der Waals surface area contributed by atoms with Gasteiger partial charge in [0, 0.05) is 16.8 Å². The number of carboxylic acid groups (broad SMARTS) is 2. The molecule has 0 aliphatic heterocycles. The standard InChI is InChI=1S/C19H18O8.C14H11Cl2NO2.Na/c1-8-5-13(26-4)11(7-20)17(22)14(8)19(25)27-12-6-9(2)16(21)15(10(12)3)18(23)24;1-8-6-7-10(15)13(12(8)16)17-11-5-3-2-4-9(11)14(18)19;/h5-7,21-22H,1-4H3,(H,23,24);2-7,17H,1H3,(H,18,19);/q;;+1/p-1. The van der Waals surface area contributed by atoms with Crippen molar-refractivity contribution in [3.63, 3.8) is 0 Å². The van der Waals surface area contributed by atoms with E-state index in [1.807, 2.05) is 6.92 Å². The molecule has 4 aromatic rings.